The predicted octanol–water partition coefficient (Wildman–Crippen LogP) is 5.45. The topological polar surface area (TPSA) is 9.23 Å². The molecule has 1 aliphatic rings. The van der Waals surface area contributed by atoms with E-state index in [1.54, 1.807) is 12.1 Å². The van der Waals surface area contributed by atoms with E-state index in [0.29, 0.717) is 0 Å². The van der Waals surface area contributed by atoms with Crippen LogP contribution in [0.2, 0.25) is 0 Å². The molecule has 112 valence electrons. The van der Waals surface area contributed by atoms with Gasteiger partial charge in [0.1, 0.15) is 0 Å². The van der Waals surface area contributed by atoms with Crippen LogP contribution in [0.15, 0.2) is 24.3 Å². The summed E-state index contributed by atoms with van der Waals surface area (Å²) in [5.74, 6) is -2.77. The van der Waals surface area contributed by atoms with E-state index in [2.05, 4.69) is 20.8 Å². The van der Waals surface area contributed by atoms with E-state index in [4.69, 9.17) is 4.74 Å². The van der Waals surface area contributed by atoms with Gasteiger partial charge >= 0.3 is 0 Å². The van der Waals surface area contributed by atoms with Crippen molar-refractivity contribution in [2.75, 3.05) is 0 Å². The van der Waals surface area contributed by atoms with Crippen LogP contribution in [0.3, 0.4) is 0 Å². The maximum absolute atomic E-state index is 13.2. The average Bonchev–Trinajstić information content (AvgIpc) is 2.74. The molecule has 20 heavy (non-hydrogen) atoms. The zero-order valence-electron chi connectivity index (χ0n) is 12.7. The molecule has 0 unspecified atom stereocenters. The van der Waals surface area contributed by atoms with Crippen LogP contribution < -0.4 is 0 Å². The molecule has 2 atom stereocenters. The van der Waals surface area contributed by atoms with Crippen LogP contribution in [-0.2, 0) is 10.7 Å². The van der Waals surface area contributed by atoms with Gasteiger partial charge in [-0.05, 0) is 30.2 Å². The van der Waals surface area contributed by atoms with Crippen molar-refractivity contribution < 1.29 is 13.5 Å². The first-order chi connectivity index (χ1) is 9.15. The predicted molar refractivity (Wildman–Crippen MR) is 76.9 cm³/mol. The van der Waals surface area contributed by atoms with Crippen molar-refractivity contribution in [2.45, 2.75) is 65.1 Å². The van der Waals surface area contributed by atoms with Crippen molar-refractivity contribution in [1.29, 1.82) is 0 Å². The van der Waals surface area contributed by atoms with Gasteiger partial charge in [-0.15, -0.1) is 0 Å². The molecule has 1 aromatic carbocycles. The molecule has 1 saturated heterocycles. The Bertz CT molecular complexity index is 440. The fraction of sp³-hybridized carbons (Fsp3) is 0.647. The molecular weight excluding hydrogens is 258 g/mol. The third-order valence-corrected chi connectivity index (χ3v) is 3.74. The van der Waals surface area contributed by atoms with Gasteiger partial charge in [-0.25, -0.2) is 8.78 Å². The minimum absolute atomic E-state index is 0.0573. The third-order valence-electron chi connectivity index (χ3n) is 3.74. The van der Waals surface area contributed by atoms with Crippen LogP contribution in [0, 0.1) is 5.41 Å². The average molecular weight is 282 g/mol. The summed E-state index contributed by atoms with van der Waals surface area (Å²) in [5, 5.41) is 0. The molecule has 1 fully saturated rings. The van der Waals surface area contributed by atoms with Gasteiger partial charge < -0.3 is 4.74 Å². The first-order valence-electron chi connectivity index (χ1n) is 7.29. The van der Waals surface area contributed by atoms with Crippen molar-refractivity contribution in [1.82, 2.24) is 0 Å². The highest BCUT2D eigenvalue weighted by Gasteiger charge is 2.30. The Hall–Kier alpha value is -0.960. The molecule has 1 aliphatic heterocycles. The van der Waals surface area contributed by atoms with Crippen LogP contribution in [0.5, 0.6) is 0 Å². The zero-order chi connectivity index (χ0) is 15.0. The Morgan fingerprint density at radius 1 is 1.05 bits per heavy atom. The minimum Gasteiger partial charge on any atom is -0.370 e. The lowest BCUT2D eigenvalue weighted by atomic mass is 9.88. The molecule has 0 radical (unpaired) electrons. The largest absolute Gasteiger partial charge is 0.370 e. The van der Waals surface area contributed by atoms with E-state index in [1.807, 2.05) is 0 Å². The molecule has 1 heterocycles. The normalized spacial score (nSPS) is 24.1. The Balaban J connectivity index is 2.00. The van der Waals surface area contributed by atoms with Crippen LogP contribution in [0.4, 0.5) is 8.78 Å². The molecular formula is C17H24F2O. The van der Waals surface area contributed by atoms with Gasteiger partial charge in [0, 0.05) is 12.5 Å². The summed E-state index contributed by atoms with van der Waals surface area (Å²) in [6, 6.07) is 6.57. The molecule has 0 N–H and O–H groups in total. The van der Waals surface area contributed by atoms with E-state index in [-0.39, 0.29) is 23.2 Å². The summed E-state index contributed by atoms with van der Waals surface area (Å²) in [6.07, 6.45) is 3.40. The summed E-state index contributed by atoms with van der Waals surface area (Å²) in [4.78, 5) is 0. The SMILES string of the molecule is CC(C)(C)C[C@@H]1CC[C@H](c2ccc(C(C)(F)F)cc2)O1. The second-order valence-electron chi connectivity index (χ2n) is 7.10. The maximum Gasteiger partial charge on any atom is 0.270 e. The van der Waals surface area contributed by atoms with Crippen LogP contribution >= 0.6 is 0 Å². The Morgan fingerprint density at radius 3 is 2.15 bits per heavy atom. The van der Waals surface area contributed by atoms with E-state index >= 15 is 0 Å². The number of benzene rings is 1. The summed E-state index contributed by atoms with van der Waals surface area (Å²) < 4.78 is 32.4. The molecule has 0 amide bonds. The number of alkyl halides is 2. The first-order valence-corrected chi connectivity index (χ1v) is 7.29. The second kappa shape index (κ2) is 5.44. The lowest BCUT2D eigenvalue weighted by Gasteiger charge is -2.23. The van der Waals surface area contributed by atoms with E-state index < -0.39 is 5.92 Å². The number of halogens is 2. The summed E-state index contributed by atoms with van der Waals surface area (Å²) >= 11 is 0. The van der Waals surface area contributed by atoms with Crippen molar-refractivity contribution in [3.63, 3.8) is 0 Å². The summed E-state index contributed by atoms with van der Waals surface area (Å²) in [6.45, 7) is 7.55. The number of rotatable bonds is 3. The van der Waals surface area contributed by atoms with Crippen LogP contribution in [0.25, 0.3) is 0 Å². The Morgan fingerprint density at radius 2 is 1.65 bits per heavy atom. The molecule has 3 heteroatoms. The first kappa shape index (κ1) is 15.4. The Kier molecular flexibility index (Phi) is 4.19. The van der Waals surface area contributed by atoms with Crippen molar-refractivity contribution in [3.8, 4) is 0 Å². The molecule has 0 spiro atoms. The van der Waals surface area contributed by atoms with E-state index in [1.165, 1.54) is 12.1 Å². The standard InChI is InChI=1S/C17H24F2O/c1-16(2,3)11-14-9-10-15(20-14)12-5-7-13(8-6-12)17(4,18)19/h5-8,14-15H,9-11H2,1-4H3/t14-,15+/m0/s1. The molecule has 0 bridgehead atoms. The lowest BCUT2D eigenvalue weighted by molar-refractivity contribution is 0.0161. The van der Waals surface area contributed by atoms with Gasteiger partial charge in [0.25, 0.3) is 5.92 Å². The quantitative estimate of drug-likeness (QED) is 0.715. The monoisotopic (exact) mass is 282 g/mol. The fourth-order valence-electron chi connectivity index (χ4n) is 2.77. The number of hydrogen-bond acceptors (Lipinski definition) is 1. The summed E-state index contributed by atoms with van der Waals surface area (Å²) in [7, 11) is 0. The number of hydrogen-bond donors (Lipinski definition) is 0. The van der Waals surface area contributed by atoms with Gasteiger partial charge in [0.05, 0.1) is 12.2 Å². The maximum atomic E-state index is 13.2. The third kappa shape index (κ3) is 4.02. The molecule has 0 saturated carbocycles. The molecule has 1 aromatic rings. The van der Waals surface area contributed by atoms with Gasteiger partial charge in [-0.2, -0.15) is 0 Å². The highest BCUT2D eigenvalue weighted by Crippen LogP contribution is 2.38. The Labute approximate surface area is 120 Å². The lowest BCUT2D eigenvalue weighted by Crippen LogP contribution is -2.17. The van der Waals surface area contributed by atoms with Gasteiger partial charge in [-0.3, -0.25) is 0 Å². The van der Waals surface area contributed by atoms with Gasteiger partial charge in [-0.1, -0.05) is 45.0 Å². The summed E-state index contributed by atoms with van der Waals surface area (Å²) in [5.41, 5.74) is 1.33. The molecule has 0 aromatic heterocycles. The van der Waals surface area contributed by atoms with Gasteiger partial charge in [0.2, 0.25) is 0 Å². The molecule has 2 rings (SSSR count). The minimum atomic E-state index is -2.77. The van der Waals surface area contributed by atoms with Crippen molar-refractivity contribution >= 4 is 0 Å². The molecule has 0 aliphatic carbocycles. The second-order valence-corrected chi connectivity index (χ2v) is 7.10. The smallest absolute Gasteiger partial charge is 0.270 e. The number of ether oxygens (including phenoxy) is 1. The van der Waals surface area contributed by atoms with Crippen LogP contribution in [-0.4, -0.2) is 6.10 Å². The van der Waals surface area contributed by atoms with Crippen LogP contribution in [0.1, 0.15) is 64.2 Å². The van der Waals surface area contributed by atoms with Gasteiger partial charge in [0.15, 0.2) is 0 Å². The highest BCUT2D eigenvalue weighted by atomic mass is 19.3. The van der Waals surface area contributed by atoms with E-state index in [9.17, 15) is 8.78 Å². The molecule has 1 nitrogen and oxygen atoms in total. The van der Waals surface area contributed by atoms with Crippen molar-refractivity contribution in [3.05, 3.63) is 35.4 Å². The zero-order valence-corrected chi connectivity index (χ0v) is 12.7. The van der Waals surface area contributed by atoms with Crippen molar-refractivity contribution in [2.24, 2.45) is 5.41 Å². The fourth-order valence-corrected chi connectivity index (χ4v) is 2.77. The highest BCUT2D eigenvalue weighted by molar-refractivity contribution is 5.27. The van der Waals surface area contributed by atoms with E-state index in [0.717, 1.165) is 31.7 Å².